The molecule has 0 amide bonds. The van der Waals surface area contributed by atoms with E-state index in [-0.39, 0.29) is 21.1 Å². The van der Waals surface area contributed by atoms with Gasteiger partial charge in [0.25, 0.3) is 0 Å². The minimum Gasteiger partial charge on any atom is -0.255 e. The third kappa shape index (κ3) is 3.30. The summed E-state index contributed by atoms with van der Waals surface area (Å²) >= 11 is 6.15. The first-order chi connectivity index (χ1) is 9.33. The third-order valence-electron chi connectivity index (χ3n) is 2.64. The molecule has 0 aliphatic carbocycles. The van der Waals surface area contributed by atoms with Gasteiger partial charge in [-0.3, -0.25) is 9.97 Å². The molecule has 20 heavy (non-hydrogen) atoms. The van der Waals surface area contributed by atoms with Crippen LogP contribution in [0.1, 0.15) is 0 Å². The molecule has 0 aromatic carbocycles. The van der Waals surface area contributed by atoms with Crippen LogP contribution in [-0.4, -0.2) is 15.0 Å². The smallest absolute Gasteiger partial charge is 0.0909 e. The molecule has 0 aliphatic heterocycles. The zero-order valence-corrected chi connectivity index (χ0v) is 13.3. The fraction of sp³-hybridized carbons (Fsp3) is 0. The molecule has 3 nitrogen and oxygen atoms in total. The van der Waals surface area contributed by atoms with E-state index in [0.717, 1.165) is 22.8 Å². The maximum Gasteiger partial charge on any atom is 0.0909 e. The van der Waals surface area contributed by atoms with Gasteiger partial charge in [0.1, 0.15) is 0 Å². The molecule has 3 heterocycles. The second-order valence-corrected chi connectivity index (χ2v) is 4.42. The summed E-state index contributed by atoms with van der Waals surface area (Å²) in [6, 6.07) is 15.0. The van der Waals surface area contributed by atoms with Gasteiger partial charge in [-0.15, -0.1) is 0 Å². The Balaban J connectivity index is 0.00000147. The second-order valence-electron chi connectivity index (χ2n) is 3.99. The van der Waals surface area contributed by atoms with Crippen LogP contribution in [0.25, 0.3) is 22.8 Å². The molecule has 5 heteroatoms. The van der Waals surface area contributed by atoms with E-state index in [0.29, 0.717) is 5.02 Å². The Hall–Kier alpha value is -1.57. The quantitative estimate of drug-likeness (QED) is 0.580. The van der Waals surface area contributed by atoms with Gasteiger partial charge in [0.15, 0.2) is 0 Å². The van der Waals surface area contributed by atoms with Gasteiger partial charge in [-0.1, -0.05) is 23.7 Å². The number of hydrogen-bond donors (Lipinski definition) is 0. The summed E-state index contributed by atoms with van der Waals surface area (Å²) in [5.74, 6) is 0. The molecule has 102 valence electrons. The molecular weight excluding hydrogens is 453 g/mol. The molecule has 0 fully saturated rings. The summed E-state index contributed by atoms with van der Waals surface area (Å²) in [7, 11) is 0. The molecule has 0 saturated carbocycles. The summed E-state index contributed by atoms with van der Waals surface area (Å²) in [6.45, 7) is 0. The molecule has 0 radical (unpaired) electrons. The van der Waals surface area contributed by atoms with Crippen molar-refractivity contribution in [2.45, 2.75) is 0 Å². The van der Waals surface area contributed by atoms with Gasteiger partial charge in [0, 0.05) is 38.5 Å². The Morgan fingerprint density at radius 3 is 1.60 bits per heavy atom. The minimum absolute atomic E-state index is 0. The van der Waals surface area contributed by atoms with Crippen LogP contribution >= 0.6 is 11.6 Å². The van der Waals surface area contributed by atoms with Crippen LogP contribution in [0.5, 0.6) is 0 Å². The molecule has 0 saturated heterocycles. The Kier molecular flexibility index (Phi) is 4.99. The first-order valence-corrected chi connectivity index (χ1v) is 6.21. The maximum atomic E-state index is 6.15. The van der Waals surface area contributed by atoms with Crippen molar-refractivity contribution in [2.24, 2.45) is 0 Å². The number of rotatable bonds is 2. The van der Waals surface area contributed by atoms with Crippen molar-refractivity contribution >= 4 is 11.6 Å². The van der Waals surface area contributed by atoms with Crippen LogP contribution in [0.3, 0.4) is 0 Å². The topological polar surface area (TPSA) is 38.7 Å². The van der Waals surface area contributed by atoms with E-state index < -0.39 is 0 Å². The Bertz CT molecular complexity index is 632. The van der Waals surface area contributed by atoms with Crippen molar-refractivity contribution in [3.05, 3.63) is 65.9 Å². The molecule has 3 rings (SSSR count). The molecule has 0 bridgehead atoms. The molecule has 0 atom stereocenters. The van der Waals surface area contributed by atoms with Crippen LogP contribution in [0.15, 0.2) is 60.9 Å². The summed E-state index contributed by atoms with van der Waals surface area (Å²) in [4.78, 5) is 13.1. The number of aromatic nitrogens is 3. The largest absolute Gasteiger partial charge is 0.255 e. The van der Waals surface area contributed by atoms with E-state index in [4.69, 9.17) is 11.6 Å². The van der Waals surface area contributed by atoms with Gasteiger partial charge in [0.05, 0.1) is 22.8 Å². The van der Waals surface area contributed by atoms with Crippen LogP contribution in [0.2, 0.25) is 5.02 Å². The summed E-state index contributed by atoms with van der Waals surface area (Å²) < 4.78 is 0. The number of pyridine rings is 3. The SMILES string of the molecule is Clc1cc(-c2ccccn2)nc(-c2ccccn2)c1.[Pt]. The fourth-order valence-corrected chi connectivity index (χ4v) is 1.99. The fourth-order valence-electron chi connectivity index (χ4n) is 1.79. The minimum atomic E-state index is 0. The van der Waals surface area contributed by atoms with Crippen LogP contribution in [0, 0.1) is 0 Å². The van der Waals surface area contributed by atoms with E-state index in [2.05, 4.69) is 15.0 Å². The summed E-state index contributed by atoms with van der Waals surface area (Å²) in [5, 5.41) is 0.622. The zero-order chi connectivity index (χ0) is 13.1. The molecule has 3 aromatic heterocycles. The Labute approximate surface area is 136 Å². The van der Waals surface area contributed by atoms with E-state index in [9.17, 15) is 0 Å². The Morgan fingerprint density at radius 2 is 1.20 bits per heavy atom. The molecule has 0 unspecified atom stereocenters. The molecule has 3 aromatic rings. The predicted octanol–water partition coefficient (Wildman–Crippen LogP) is 3.86. The van der Waals surface area contributed by atoms with E-state index in [1.807, 2.05) is 36.4 Å². The standard InChI is InChI=1S/C15H10ClN3.Pt/c16-11-9-14(12-5-1-3-7-17-12)19-15(10-11)13-6-2-4-8-18-13;/h1-10H;. The first kappa shape index (κ1) is 14.8. The zero-order valence-electron chi connectivity index (χ0n) is 10.3. The van der Waals surface area contributed by atoms with Gasteiger partial charge in [-0.05, 0) is 36.4 Å². The average Bonchev–Trinajstić information content (AvgIpc) is 2.48. The van der Waals surface area contributed by atoms with Crippen molar-refractivity contribution in [1.29, 1.82) is 0 Å². The van der Waals surface area contributed by atoms with Crippen molar-refractivity contribution < 1.29 is 21.1 Å². The van der Waals surface area contributed by atoms with Crippen LogP contribution < -0.4 is 0 Å². The normalized spacial score (nSPS) is 9.85. The third-order valence-corrected chi connectivity index (χ3v) is 2.86. The molecule has 0 N–H and O–H groups in total. The second kappa shape index (κ2) is 6.73. The molecular formula is C15H10ClN3Pt. The van der Waals surface area contributed by atoms with Crippen molar-refractivity contribution in [3.8, 4) is 22.8 Å². The molecule has 0 aliphatic rings. The predicted molar refractivity (Wildman–Crippen MR) is 75.7 cm³/mol. The Morgan fingerprint density at radius 1 is 0.700 bits per heavy atom. The van der Waals surface area contributed by atoms with Gasteiger partial charge in [-0.2, -0.15) is 0 Å². The van der Waals surface area contributed by atoms with Gasteiger partial charge < -0.3 is 0 Å². The van der Waals surface area contributed by atoms with Crippen LogP contribution in [0.4, 0.5) is 0 Å². The maximum absolute atomic E-state index is 6.15. The van der Waals surface area contributed by atoms with Gasteiger partial charge in [0.2, 0.25) is 0 Å². The molecule has 0 spiro atoms. The number of nitrogens with zero attached hydrogens (tertiary/aromatic N) is 3. The van der Waals surface area contributed by atoms with Crippen molar-refractivity contribution in [1.82, 2.24) is 15.0 Å². The van der Waals surface area contributed by atoms with E-state index >= 15 is 0 Å². The number of halogens is 1. The van der Waals surface area contributed by atoms with E-state index in [1.54, 1.807) is 24.5 Å². The number of hydrogen-bond acceptors (Lipinski definition) is 3. The monoisotopic (exact) mass is 462 g/mol. The van der Waals surface area contributed by atoms with Crippen molar-refractivity contribution in [3.63, 3.8) is 0 Å². The summed E-state index contributed by atoms with van der Waals surface area (Å²) in [5.41, 5.74) is 3.08. The first-order valence-electron chi connectivity index (χ1n) is 5.83. The van der Waals surface area contributed by atoms with Gasteiger partial charge >= 0.3 is 0 Å². The van der Waals surface area contributed by atoms with Crippen molar-refractivity contribution in [2.75, 3.05) is 0 Å². The van der Waals surface area contributed by atoms with Crippen LogP contribution in [-0.2, 0) is 21.1 Å². The average molecular weight is 463 g/mol. The van der Waals surface area contributed by atoms with E-state index in [1.165, 1.54) is 0 Å². The van der Waals surface area contributed by atoms with Gasteiger partial charge in [-0.25, -0.2) is 4.98 Å². The summed E-state index contributed by atoms with van der Waals surface area (Å²) in [6.07, 6.45) is 3.47.